The number of hydrogen-bond acceptors (Lipinski definition) is 3. The van der Waals surface area contributed by atoms with Gasteiger partial charge in [0.1, 0.15) is 0 Å². The van der Waals surface area contributed by atoms with Crippen LogP contribution in [0.25, 0.3) is 0 Å². The Morgan fingerprint density at radius 1 is 1.58 bits per heavy atom. The Labute approximate surface area is 74.3 Å². The Kier molecular flexibility index (Phi) is 5.72. The Bertz CT molecular complexity index is 136. The minimum absolute atomic E-state index is 0.0487. The monoisotopic (exact) mass is 173 g/mol. The van der Waals surface area contributed by atoms with Crippen molar-refractivity contribution in [3.63, 3.8) is 0 Å². The largest absolute Gasteiger partial charge is 0.469 e. The van der Waals surface area contributed by atoms with E-state index in [9.17, 15) is 4.79 Å². The number of hydrogen-bond donors (Lipinski definition) is 1. The van der Waals surface area contributed by atoms with Crippen molar-refractivity contribution >= 4 is 5.97 Å². The van der Waals surface area contributed by atoms with Gasteiger partial charge in [-0.15, -0.1) is 0 Å². The van der Waals surface area contributed by atoms with Gasteiger partial charge >= 0.3 is 5.97 Å². The Hall–Kier alpha value is -0.570. The van der Waals surface area contributed by atoms with Gasteiger partial charge in [0.15, 0.2) is 0 Å². The molecule has 0 aliphatic carbocycles. The molecule has 2 atom stereocenters. The number of carbonyl (C=O) groups excluding carboxylic acids is 1. The van der Waals surface area contributed by atoms with Crippen molar-refractivity contribution < 1.29 is 9.53 Å². The second-order valence-electron chi connectivity index (χ2n) is 3.29. The summed E-state index contributed by atoms with van der Waals surface area (Å²) in [5.74, 6) is 0.371. The summed E-state index contributed by atoms with van der Waals surface area (Å²) in [7, 11) is 1.39. The molecule has 3 nitrogen and oxygen atoms in total. The molecule has 0 rings (SSSR count). The Balaban J connectivity index is 3.58. The van der Waals surface area contributed by atoms with Crippen LogP contribution in [-0.4, -0.2) is 19.1 Å². The summed E-state index contributed by atoms with van der Waals surface area (Å²) in [6.07, 6.45) is 2.33. The van der Waals surface area contributed by atoms with Crippen LogP contribution < -0.4 is 5.73 Å². The molecular weight excluding hydrogens is 154 g/mol. The van der Waals surface area contributed by atoms with Gasteiger partial charge in [0.25, 0.3) is 0 Å². The first-order valence-corrected chi connectivity index (χ1v) is 4.42. The standard InChI is InChI=1S/C9H19NO2/c1-4-7(2)5-8(10)6-9(11)12-3/h7-8H,4-6,10H2,1-3H3. The van der Waals surface area contributed by atoms with Crippen LogP contribution in [0.3, 0.4) is 0 Å². The van der Waals surface area contributed by atoms with E-state index in [1.807, 2.05) is 0 Å². The predicted molar refractivity (Wildman–Crippen MR) is 48.7 cm³/mol. The molecule has 0 spiro atoms. The van der Waals surface area contributed by atoms with Crippen LogP contribution in [0.4, 0.5) is 0 Å². The summed E-state index contributed by atoms with van der Waals surface area (Å²) < 4.78 is 4.52. The van der Waals surface area contributed by atoms with E-state index < -0.39 is 0 Å². The molecule has 0 amide bonds. The Morgan fingerprint density at radius 3 is 2.58 bits per heavy atom. The van der Waals surface area contributed by atoms with E-state index in [0.29, 0.717) is 12.3 Å². The summed E-state index contributed by atoms with van der Waals surface area (Å²) in [5.41, 5.74) is 5.73. The first kappa shape index (κ1) is 11.4. The van der Waals surface area contributed by atoms with Crippen molar-refractivity contribution in [2.75, 3.05) is 7.11 Å². The van der Waals surface area contributed by atoms with Crippen molar-refractivity contribution in [2.45, 2.75) is 39.2 Å². The minimum atomic E-state index is -0.217. The van der Waals surface area contributed by atoms with E-state index in [4.69, 9.17) is 5.73 Å². The maximum Gasteiger partial charge on any atom is 0.307 e. The number of esters is 1. The molecule has 3 heteroatoms. The highest BCUT2D eigenvalue weighted by Crippen LogP contribution is 2.10. The van der Waals surface area contributed by atoms with E-state index in [2.05, 4.69) is 18.6 Å². The molecule has 12 heavy (non-hydrogen) atoms. The molecule has 0 aliphatic rings. The molecule has 2 N–H and O–H groups in total. The van der Waals surface area contributed by atoms with Crippen molar-refractivity contribution in [1.82, 2.24) is 0 Å². The van der Waals surface area contributed by atoms with Crippen molar-refractivity contribution in [1.29, 1.82) is 0 Å². The highest BCUT2D eigenvalue weighted by atomic mass is 16.5. The fourth-order valence-electron chi connectivity index (χ4n) is 1.06. The smallest absolute Gasteiger partial charge is 0.307 e. The first-order valence-electron chi connectivity index (χ1n) is 4.42. The second kappa shape index (κ2) is 6.00. The van der Waals surface area contributed by atoms with Crippen LogP contribution in [-0.2, 0) is 9.53 Å². The lowest BCUT2D eigenvalue weighted by Gasteiger charge is -2.14. The van der Waals surface area contributed by atoms with Crippen molar-refractivity contribution in [2.24, 2.45) is 11.7 Å². The summed E-state index contributed by atoms with van der Waals surface area (Å²) in [5, 5.41) is 0. The van der Waals surface area contributed by atoms with E-state index in [1.165, 1.54) is 7.11 Å². The quantitative estimate of drug-likeness (QED) is 0.638. The van der Waals surface area contributed by atoms with E-state index >= 15 is 0 Å². The van der Waals surface area contributed by atoms with Gasteiger partial charge < -0.3 is 10.5 Å². The highest BCUT2D eigenvalue weighted by molar-refractivity contribution is 5.69. The molecule has 0 aromatic carbocycles. The average Bonchev–Trinajstić information content (AvgIpc) is 2.03. The van der Waals surface area contributed by atoms with Crippen LogP contribution in [0.15, 0.2) is 0 Å². The van der Waals surface area contributed by atoms with Gasteiger partial charge in [-0.3, -0.25) is 4.79 Å². The van der Waals surface area contributed by atoms with Crippen LogP contribution in [0.5, 0.6) is 0 Å². The lowest BCUT2D eigenvalue weighted by molar-refractivity contribution is -0.141. The number of carbonyl (C=O) groups is 1. The molecule has 72 valence electrons. The first-order chi connectivity index (χ1) is 5.60. The van der Waals surface area contributed by atoms with Gasteiger partial charge in [-0.2, -0.15) is 0 Å². The van der Waals surface area contributed by atoms with Gasteiger partial charge in [0.05, 0.1) is 13.5 Å². The molecule has 0 aromatic heterocycles. The van der Waals surface area contributed by atoms with Crippen molar-refractivity contribution in [3.8, 4) is 0 Å². The normalized spacial score (nSPS) is 15.3. The van der Waals surface area contributed by atoms with Crippen LogP contribution in [0.2, 0.25) is 0 Å². The summed E-state index contributed by atoms with van der Waals surface area (Å²) in [4.78, 5) is 10.8. The van der Waals surface area contributed by atoms with Crippen molar-refractivity contribution in [3.05, 3.63) is 0 Å². The van der Waals surface area contributed by atoms with E-state index in [1.54, 1.807) is 0 Å². The lowest BCUT2D eigenvalue weighted by atomic mass is 9.98. The molecule has 0 aliphatic heterocycles. The fourth-order valence-corrected chi connectivity index (χ4v) is 1.06. The van der Waals surface area contributed by atoms with E-state index in [-0.39, 0.29) is 12.0 Å². The molecule has 0 bridgehead atoms. The number of methoxy groups -OCH3 is 1. The number of ether oxygens (including phenoxy) is 1. The van der Waals surface area contributed by atoms with Gasteiger partial charge in [-0.1, -0.05) is 20.3 Å². The minimum Gasteiger partial charge on any atom is -0.469 e. The molecule has 0 heterocycles. The maximum atomic E-state index is 10.8. The highest BCUT2D eigenvalue weighted by Gasteiger charge is 2.11. The fraction of sp³-hybridized carbons (Fsp3) is 0.889. The van der Waals surface area contributed by atoms with Crippen LogP contribution in [0.1, 0.15) is 33.1 Å². The second-order valence-corrected chi connectivity index (χ2v) is 3.29. The van der Waals surface area contributed by atoms with Gasteiger partial charge in [0, 0.05) is 6.04 Å². The third-order valence-electron chi connectivity index (χ3n) is 2.06. The summed E-state index contributed by atoms with van der Waals surface area (Å²) >= 11 is 0. The summed E-state index contributed by atoms with van der Waals surface area (Å²) in [6, 6.07) is -0.0487. The Morgan fingerprint density at radius 2 is 2.17 bits per heavy atom. The zero-order valence-corrected chi connectivity index (χ0v) is 8.17. The molecule has 0 radical (unpaired) electrons. The maximum absolute atomic E-state index is 10.8. The molecule has 0 saturated heterocycles. The zero-order valence-electron chi connectivity index (χ0n) is 8.17. The molecule has 0 fully saturated rings. The van der Waals surface area contributed by atoms with Gasteiger partial charge in [0.2, 0.25) is 0 Å². The topological polar surface area (TPSA) is 52.3 Å². The summed E-state index contributed by atoms with van der Waals surface area (Å²) in [6.45, 7) is 4.26. The van der Waals surface area contributed by atoms with Crippen LogP contribution >= 0.6 is 0 Å². The average molecular weight is 173 g/mol. The SMILES string of the molecule is CCC(C)CC(N)CC(=O)OC. The van der Waals surface area contributed by atoms with E-state index in [0.717, 1.165) is 12.8 Å². The predicted octanol–water partition coefficient (Wildman–Crippen LogP) is 1.31. The molecule has 2 unspecified atom stereocenters. The van der Waals surface area contributed by atoms with Gasteiger partial charge in [-0.25, -0.2) is 0 Å². The van der Waals surface area contributed by atoms with Gasteiger partial charge in [-0.05, 0) is 12.3 Å². The van der Waals surface area contributed by atoms with Crippen LogP contribution in [0, 0.1) is 5.92 Å². The third kappa shape index (κ3) is 5.13. The number of rotatable bonds is 5. The zero-order chi connectivity index (χ0) is 9.56. The molecule has 0 aromatic rings. The molecular formula is C9H19NO2. The molecule has 0 saturated carbocycles. The number of nitrogens with two attached hydrogens (primary N) is 1. The lowest BCUT2D eigenvalue weighted by Crippen LogP contribution is -2.26. The third-order valence-corrected chi connectivity index (χ3v) is 2.06.